The van der Waals surface area contributed by atoms with Crippen molar-refractivity contribution in [3.8, 4) is 5.75 Å². The zero-order valence-electron chi connectivity index (χ0n) is 11.9. The first-order valence-corrected chi connectivity index (χ1v) is 8.82. The second-order valence-corrected chi connectivity index (χ2v) is 6.89. The average Bonchev–Trinajstić information content (AvgIpc) is 2.48. The fourth-order valence-electron chi connectivity index (χ4n) is 1.69. The highest BCUT2D eigenvalue weighted by Crippen LogP contribution is 2.16. The predicted octanol–water partition coefficient (Wildman–Crippen LogP) is 3.16. The standard InChI is InChI=1S/C15H15BrN2O3S/c1-2-21-14-6-8-15(9-7-14)22(19,20)18-17-11-12-4-3-5-13(16)10-12/h3-11,18H,2H2,1H3/b17-11-. The van der Waals surface area contributed by atoms with Crippen molar-refractivity contribution in [2.24, 2.45) is 5.10 Å². The predicted molar refractivity (Wildman–Crippen MR) is 89.7 cm³/mol. The van der Waals surface area contributed by atoms with Crippen LogP contribution in [0.2, 0.25) is 0 Å². The van der Waals surface area contributed by atoms with Crippen LogP contribution >= 0.6 is 15.9 Å². The molecule has 0 aromatic heterocycles. The Kier molecular flexibility index (Phi) is 5.57. The van der Waals surface area contributed by atoms with Crippen molar-refractivity contribution >= 4 is 32.2 Å². The number of nitrogens with one attached hydrogen (secondary N) is 1. The molecular formula is C15H15BrN2O3S. The van der Waals surface area contributed by atoms with Crippen molar-refractivity contribution in [3.05, 3.63) is 58.6 Å². The summed E-state index contributed by atoms with van der Waals surface area (Å²) in [5.41, 5.74) is 0.781. The summed E-state index contributed by atoms with van der Waals surface area (Å²) in [6.07, 6.45) is 1.44. The molecule has 0 heterocycles. The summed E-state index contributed by atoms with van der Waals surface area (Å²) in [7, 11) is -3.69. The van der Waals surface area contributed by atoms with Crippen LogP contribution in [-0.2, 0) is 10.0 Å². The molecule has 0 saturated carbocycles. The summed E-state index contributed by atoms with van der Waals surface area (Å²) in [4.78, 5) is 2.31. The summed E-state index contributed by atoms with van der Waals surface area (Å²) in [5, 5.41) is 3.77. The van der Waals surface area contributed by atoms with Gasteiger partial charge in [-0.2, -0.15) is 13.5 Å². The number of halogens is 1. The number of hydrazone groups is 1. The van der Waals surface area contributed by atoms with E-state index in [1.807, 2.05) is 31.2 Å². The van der Waals surface area contributed by atoms with Crippen LogP contribution in [-0.4, -0.2) is 21.2 Å². The van der Waals surface area contributed by atoms with Crippen LogP contribution in [0, 0.1) is 0 Å². The lowest BCUT2D eigenvalue weighted by molar-refractivity contribution is 0.340. The van der Waals surface area contributed by atoms with E-state index in [1.54, 1.807) is 12.1 Å². The first kappa shape index (κ1) is 16.5. The van der Waals surface area contributed by atoms with Gasteiger partial charge in [-0.15, -0.1) is 0 Å². The van der Waals surface area contributed by atoms with E-state index in [-0.39, 0.29) is 4.90 Å². The lowest BCUT2D eigenvalue weighted by atomic mass is 10.2. The van der Waals surface area contributed by atoms with Gasteiger partial charge in [-0.05, 0) is 48.9 Å². The highest BCUT2D eigenvalue weighted by Gasteiger charge is 2.12. The van der Waals surface area contributed by atoms with Gasteiger partial charge < -0.3 is 4.74 Å². The quantitative estimate of drug-likeness (QED) is 0.616. The van der Waals surface area contributed by atoms with Crippen LogP contribution in [0.5, 0.6) is 5.75 Å². The molecule has 2 aromatic rings. The van der Waals surface area contributed by atoms with Crippen molar-refractivity contribution in [1.82, 2.24) is 4.83 Å². The number of hydrogen-bond donors (Lipinski definition) is 1. The van der Waals surface area contributed by atoms with E-state index in [9.17, 15) is 8.42 Å². The molecule has 7 heteroatoms. The van der Waals surface area contributed by atoms with Gasteiger partial charge in [0.1, 0.15) is 5.75 Å². The van der Waals surface area contributed by atoms with Gasteiger partial charge in [0.15, 0.2) is 0 Å². The fraction of sp³-hybridized carbons (Fsp3) is 0.133. The second-order valence-electron chi connectivity index (χ2n) is 4.31. The number of hydrogen-bond acceptors (Lipinski definition) is 4. The van der Waals surface area contributed by atoms with E-state index >= 15 is 0 Å². The summed E-state index contributed by atoms with van der Waals surface area (Å²) >= 11 is 3.34. The van der Waals surface area contributed by atoms with Gasteiger partial charge in [0, 0.05) is 4.47 Å². The molecule has 0 aliphatic carbocycles. The molecule has 0 amide bonds. The summed E-state index contributed by atoms with van der Waals surface area (Å²) in [5.74, 6) is 0.624. The van der Waals surface area contributed by atoms with Crippen LogP contribution in [0.4, 0.5) is 0 Å². The molecule has 5 nitrogen and oxygen atoms in total. The maximum Gasteiger partial charge on any atom is 0.276 e. The number of ether oxygens (including phenoxy) is 1. The zero-order valence-corrected chi connectivity index (χ0v) is 14.3. The SMILES string of the molecule is CCOc1ccc(S(=O)(=O)N/N=C\c2cccc(Br)c2)cc1. The molecule has 0 fully saturated rings. The molecule has 0 saturated heterocycles. The minimum absolute atomic E-state index is 0.127. The highest BCUT2D eigenvalue weighted by molar-refractivity contribution is 9.10. The van der Waals surface area contributed by atoms with E-state index in [0.717, 1.165) is 10.0 Å². The van der Waals surface area contributed by atoms with Gasteiger partial charge in [-0.1, -0.05) is 28.1 Å². The smallest absolute Gasteiger partial charge is 0.276 e. The number of sulfonamides is 1. The topological polar surface area (TPSA) is 67.8 Å². The Morgan fingerprint density at radius 2 is 1.95 bits per heavy atom. The summed E-state index contributed by atoms with van der Waals surface area (Å²) in [6, 6.07) is 13.5. The van der Waals surface area contributed by atoms with E-state index in [1.165, 1.54) is 18.3 Å². The molecular weight excluding hydrogens is 368 g/mol. The van der Waals surface area contributed by atoms with Gasteiger partial charge in [0.05, 0.1) is 17.7 Å². The first-order valence-electron chi connectivity index (χ1n) is 6.54. The van der Waals surface area contributed by atoms with Gasteiger partial charge in [0.25, 0.3) is 10.0 Å². The fourth-order valence-corrected chi connectivity index (χ4v) is 2.90. The van der Waals surface area contributed by atoms with Gasteiger partial charge in [0.2, 0.25) is 0 Å². The number of rotatable bonds is 6. The maximum atomic E-state index is 12.1. The van der Waals surface area contributed by atoms with Crippen LogP contribution < -0.4 is 9.57 Å². The lowest BCUT2D eigenvalue weighted by Crippen LogP contribution is -2.18. The summed E-state index contributed by atoms with van der Waals surface area (Å²) < 4.78 is 30.3. The van der Waals surface area contributed by atoms with E-state index < -0.39 is 10.0 Å². The Labute approximate surface area is 138 Å². The zero-order chi connectivity index (χ0) is 16.0. The van der Waals surface area contributed by atoms with Crippen molar-refractivity contribution in [2.45, 2.75) is 11.8 Å². The molecule has 0 aliphatic rings. The third-order valence-corrected chi connectivity index (χ3v) is 4.41. The van der Waals surface area contributed by atoms with Crippen LogP contribution in [0.25, 0.3) is 0 Å². The number of nitrogens with zero attached hydrogens (tertiary/aromatic N) is 1. The van der Waals surface area contributed by atoms with Crippen molar-refractivity contribution in [3.63, 3.8) is 0 Å². The molecule has 1 N–H and O–H groups in total. The van der Waals surface area contributed by atoms with Gasteiger partial charge >= 0.3 is 0 Å². The number of benzene rings is 2. The Morgan fingerprint density at radius 1 is 1.23 bits per heavy atom. The van der Waals surface area contributed by atoms with Gasteiger partial charge in [-0.25, -0.2) is 4.83 Å². The Bertz CT molecular complexity index is 759. The highest BCUT2D eigenvalue weighted by atomic mass is 79.9. The average molecular weight is 383 g/mol. The molecule has 0 bridgehead atoms. The minimum atomic E-state index is -3.69. The van der Waals surface area contributed by atoms with Crippen molar-refractivity contribution in [1.29, 1.82) is 0 Å². The van der Waals surface area contributed by atoms with E-state index in [4.69, 9.17) is 4.74 Å². The lowest BCUT2D eigenvalue weighted by Gasteiger charge is -2.05. The van der Waals surface area contributed by atoms with E-state index in [2.05, 4.69) is 25.9 Å². The molecule has 0 spiro atoms. The largest absolute Gasteiger partial charge is 0.494 e. The van der Waals surface area contributed by atoms with Crippen LogP contribution in [0.3, 0.4) is 0 Å². The molecule has 0 radical (unpaired) electrons. The van der Waals surface area contributed by atoms with Crippen molar-refractivity contribution < 1.29 is 13.2 Å². The molecule has 2 rings (SSSR count). The minimum Gasteiger partial charge on any atom is -0.494 e. The van der Waals surface area contributed by atoms with Gasteiger partial charge in [-0.3, -0.25) is 0 Å². The molecule has 0 unspecified atom stereocenters. The Hall–Kier alpha value is -1.86. The molecule has 0 aliphatic heterocycles. The third-order valence-electron chi connectivity index (χ3n) is 2.68. The van der Waals surface area contributed by atoms with Crippen molar-refractivity contribution in [2.75, 3.05) is 6.61 Å². The van der Waals surface area contributed by atoms with Crippen LogP contribution in [0.15, 0.2) is 63.0 Å². The summed E-state index contributed by atoms with van der Waals surface area (Å²) in [6.45, 7) is 2.39. The third kappa shape index (κ3) is 4.57. The van der Waals surface area contributed by atoms with Crippen LogP contribution in [0.1, 0.15) is 12.5 Å². The molecule has 2 aromatic carbocycles. The molecule has 116 valence electrons. The first-order chi connectivity index (χ1) is 10.5. The Morgan fingerprint density at radius 3 is 2.59 bits per heavy atom. The Balaban J connectivity index is 2.07. The monoisotopic (exact) mass is 382 g/mol. The normalized spacial score (nSPS) is 11.5. The van der Waals surface area contributed by atoms with E-state index in [0.29, 0.717) is 12.4 Å². The molecule has 22 heavy (non-hydrogen) atoms. The maximum absolute atomic E-state index is 12.1. The second kappa shape index (κ2) is 7.42. The molecule has 0 atom stereocenters.